The number of rotatable bonds is 8. The lowest BCUT2D eigenvalue weighted by atomic mass is 9.87. The smallest absolute Gasteiger partial charge is 0.418 e. The molecule has 0 aliphatic heterocycles. The molecule has 3 amide bonds. The number of ether oxygens (including phenoxy) is 1. The fourth-order valence-corrected chi connectivity index (χ4v) is 3.76. The van der Waals surface area contributed by atoms with E-state index in [-0.39, 0.29) is 36.7 Å². The monoisotopic (exact) mass is 493 g/mol. The molecule has 8 nitrogen and oxygen atoms in total. The zero-order chi connectivity index (χ0) is 25.4. The third-order valence-corrected chi connectivity index (χ3v) is 5.62. The number of halogens is 3. The first kappa shape index (κ1) is 25.9. The molecular formula is C24H26F3N3O5. The summed E-state index contributed by atoms with van der Waals surface area (Å²) in [4.78, 5) is 35.2. The van der Waals surface area contributed by atoms with Gasteiger partial charge in [0.25, 0.3) is 5.91 Å². The number of para-hydroxylation sites is 1. The third kappa shape index (κ3) is 7.62. The Hall–Kier alpha value is -3.76. The summed E-state index contributed by atoms with van der Waals surface area (Å²) in [6, 6.07) is 10.3. The van der Waals surface area contributed by atoms with Gasteiger partial charge in [0, 0.05) is 18.7 Å². The van der Waals surface area contributed by atoms with Gasteiger partial charge in [0.1, 0.15) is 5.75 Å². The van der Waals surface area contributed by atoms with Gasteiger partial charge in [-0.1, -0.05) is 12.1 Å². The number of hydrogen-bond donors (Lipinski definition) is 4. The number of hydrogen-bond acceptors (Lipinski definition) is 4. The SMILES string of the molecule is O=C(NCCNC(=O)c1ccc(OC2CCC(C(=O)O)CC2)cc1)Nc1ccccc1C(F)(F)F. The fourth-order valence-electron chi connectivity index (χ4n) is 3.76. The number of carbonyl (C=O) groups is 3. The van der Waals surface area contributed by atoms with Crippen LogP contribution in [-0.2, 0) is 11.0 Å². The fraction of sp³-hybridized carbons (Fsp3) is 0.375. The van der Waals surface area contributed by atoms with Crippen LogP contribution in [0.1, 0.15) is 41.6 Å². The number of aliphatic carboxylic acids is 1. The van der Waals surface area contributed by atoms with E-state index in [9.17, 15) is 27.6 Å². The number of nitrogens with one attached hydrogen (secondary N) is 3. The topological polar surface area (TPSA) is 117 Å². The molecular weight excluding hydrogens is 467 g/mol. The second-order valence-electron chi connectivity index (χ2n) is 8.13. The van der Waals surface area contributed by atoms with Crippen LogP contribution in [0.2, 0.25) is 0 Å². The molecule has 0 atom stereocenters. The summed E-state index contributed by atoms with van der Waals surface area (Å²) in [7, 11) is 0. The third-order valence-electron chi connectivity index (χ3n) is 5.62. The highest BCUT2D eigenvalue weighted by atomic mass is 19.4. The molecule has 1 aliphatic carbocycles. The molecule has 2 aromatic rings. The molecule has 0 unspecified atom stereocenters. The standard InChI is InChI=1S/C24H26F3N3O5/c25-24(26,27)19-3-1-2-4-20(19)30-23(34)29-14-13-28-21(31)15-5-9-17(10-6-15)35-18-11-7-16(8-12-18)22(32)33/h1-6,9-10,16,18H,7-8,11-14H2,(H,28,31)(H,32,33)(H2,29,30,34). The lowest BCUT2D eigenvalue weighted by Crippen LogP contribution is -2.37. The Kier molecular flexibility index (Phi) is 8.56. The molecule has 188 valence electrons. The zero-order valence-electron chi connectivity index (χ0n) is 18.7. The van der Waals surface area contributed by atoms with Gasteiger partial charge < -0.3 is 25.8 Å². The van der Waals surface area contributed by atoms with Crippen LogP contribution in [0.3, 0.4) is 0 Å². The minimum atomic E-state index is -4.60. The van der Waals surface area contributed by atoms with Crippen molar-refractivity contribution in [1.29, 1.82) is 0 Å². The first-order chi connectivity index (χ1) is 16.6. The van der Waals surface area contributed by atoms with Crippen molar-refractivity contribution in [2.45, 2.75) is 38.0 Å². The van der Waals surface area contributed by atoms with E-state index >= 15 is 0 Å². The predicted octanol–water partition coefficient (Wildman–Crippen LogP) is 4.28. The van der Waals surface area contributed by atoms with E-state index in [0.29, 0.717) is 37.0 Å². The zero-order valence-corrected chi connectivity index (χ0v) is 18.7. The van der Waals surface area contributed by atoms with Gasteiger partial charge >= 0.3 is 18.2 Å². The molecule has 11 heteroatoms. The lowest BCUT2D eigenvalue weighted by Gasteiger charge is -2.26. The summed E-state index contributed by atoms with van der Waals surface area (Å²) in [5, 5.41) is 16.2. The molecule has 0 heterocycles. The van der Waals surface area contributed by atoms with Crippen LogP contribution in [0.15, 0.2) is 48.5 Å². The number of alkyl halides is 3. The van der Waals surface area contributed by atoms with E-state index in [4.69, 9.17) is 9.84 Å². The van der Waals surface area contributed by atoms with Crippen molar-refractivity contribution >= 4 is 23.6 Å². The van der Waals surface area contributed by atoms with E-state index in [1.54, 1.807) is 24.3 Å². The van der Waals surface area contributed by atoms with Crippen LogP contribution < -0.4 is 20.7 Å². The van der Waals surface area contributed by atoms with Crippen LogP contribution in [-0.4, -0.2) is 42.2 Å². The Morgan fingerprint density at radius 2 is 1.54 bits per heavy atom. The lowest BCUT2D eigenvalue weighted by molar-refractivity contribution is -0.143. The van der Waals surface area contributed by atoms with Gasteiger partial charge in [0.2, 0.25) is 0 Å². The summed E-state index contributed by atoms with van der Waals surface area (Å²) < 4.78 is 44.8. The van der Waals surface area contributed by atoms with E-state index in [1.165, 1.54) is 12.1 Å². The Morgan fingerprint density at radius 1 is 0.914 bits per heavy atom. The van der Waals surface area contributed by atoms with Gasteiger partial charge in [0.05, 0.1) is 23.3 Å². The Balaban J connectivity index is 1.39. The maximum atomic E-state index is 13.0. The predicted molar refractivity (Wildman–Crippen MR) is 121 cm³/mol. The highest BCUT2D eigenvalue weighted by Gasteiger charge is 2.33. The van der Waals surface area contributed by atoms with E-state index in [1.807, 2.05) is 0 Å². The molecule has 2 aromatic carbocycles. The largest absolute Gasteiger partial charge is 0.490 e. The molecule has 1 fully saturated rings. The summed E-state index contributed by atoms with van der Waals surface area (Å²) in [5.74, 6) is -0.903. The maximum absolute atomic E-state index is 13.0. The summed E-state index contributed by atoms with van der Waals surface area (Å²) in [6.07, 6.45) is -2.21. The molecule has 1 saturated carbocycles. The summed E-state index contributed by atoms with van der Waals surface area (Å²) >= 11 is 0. The van der Waals surface area contributed by atoms with E-state index < -0.39 is 23.7 Å². The Labute approximate surface area is 199 Å². The van der Waals surface area contributed by atoms with Crippen LogP contribution in [0.5, 0.6) is 5.75 Å². The first-order valence-corrected chi connectivity index (χ1v) is 11.1. The average Bonchev–Trinajstić information content (AvgIpc) is 2.82. The number of anilines is 1. The molecule has 0 bridgehead atoms. The number of carbonyl (C=O) groups excluding carboxylic acids is 2. The average molecular weight is 493 g/mol. The van der Waals surface area contributed by atoms with Gasteiger partial charge in [-0.2, -0.15) is 13.2 Å². The second-order valence-corrected chi connectivity index (χ2v) is 8.13. The van der Waals surface area contributed by atoms with Crippen molar-refractivity contribution in [1.82, 2.24) is 10.6 Å². The van der Waals surface area contributed by atoms with Crippen LogP contribution >= 0.6 is 0 Å². The molecule has 0 spiro atoms. The van der Waals surface area contributed by atoms with Gasteiger partial charge in [0.15, 0.2) is 0 Å². The molecule has 35 heavy (non-hydrogen) atoms. The van der Waals surface area contributed by atoms with Crippen molar-refractivity contribution in [2.24, 2.45) is 5.92 Å². The number of carboxylic acids is 1. The van der Waals surface area contributed by atoms with Gasteiger partial charge in [-0.25, -0.2) is 4.79 Å². The molecule has 1 aliphatic rings. The van der Waals surface area contributed by atoms with Gasteiger partial charge in [-0.3, -0.25) is 9.59 Å². The second kappa shape index (κ2) is 11.6. The van der Waals surface area contributed by atoms with Crippen molar-refractivity contribution in [2.75, 3.05) is 18.4 Å². The Bertz CT molecular complexity index is 1040. The molecule has 4 N–H and O–H groups in total. The quantitative estimate of drug-likeness (QED) is 0.410. The molecule has 0 aromatic heterocycles. The minimum Gasteiger partial charge on any atom is -0.490 e. The highest BCUT2D eigenvalue weighted by Crippen LogP contribution is 2.34. The van der Waals surface area contributed by atoms with Crippen molar-refractivity contribution < 1.29 is 37.4 Å². The van der Waals surface area contributed by atoms with E-state index in [2.05, 4.69) is 16.0 Å². The van der Waals surface area contributed by atoms with Crippen molar-refractivity contribution in [3.8, 4) is 5.75 Å². The summed E-state index contributed by atoms with van der Waals surface area (Å²) in [5.41, 5.74) is -0.946. The number of urea groups is 1. The molecule has 0 radical (unpaired) electrons. The summed E-state index contributed by atoms with van der Waals surface area (Å²) in [6.45, 7) is 0.0736. The Morgan fingerprint density at radius 3 is 2.17 bits per heavy atom. The number of carboxylic acid groups (broad SMARTS) is 1. The first-order valence-electron chi connectivity index (χ1n) is 11.1. The van der Waals surface area contributed by atoms with Crippen molar-refractivity contribution in [3.05, 3.63) is 59.7 Å². The highest BCUT2D eigenvalue weighted by molar-refractivity contribution is 5.94. The van der Waals surface area contributed by atoms with Crippen molar-refractivity contribution in [3.63, 3.8) is 0 Å². The van der Waals surface area contributed by atoms with Crippen LogP contribution in [0.25, 0.3) is 0 Å². The minimum absolute atomic E-state index is 0.00592. The number of benzene rings is 2. The van der Waals surface area contributed by atoms with Crippen LogP contribution in [0, 0.1) is 5.92 Å². The van der Waals surface area contributed by atoms with Crippen LogP contribution in [0.4, 0.5) is 23.7 Å². The molecule has 0 saturated heterocycles. The van der Waals surface area contributed by atoms with Gasteiger partial charge in [-0.15, -0.1) is 0 Å². The molecule has 3 rings (SSSR count). The van der Waals surface area contributed by atoms with Gasteiger partial charge in [-0.05, 0) is 62.1 Å². The maximum Gasteiger partial charge on any atom is 0.418 e. The van der Waals surface area contributed by atoms with E-state index in [0.717, 1.165) is 12.1 Å². The normalized spacial score (nSPS) is 17.8. The number of amides is 3.